The molecule has 188 valence electrons. The number of nitrogens with zero attached hydrogens (tertiary/aromatic N) is 1. The van der Waals surface area contributed by atoms with Gasteiger partial charge in [-0.25, -0.2) is 9.18 Å². The van der Waals surface area contributed by atoms with Crippen molar-refractivity contribution >= 4 is 11.9 Å². The highest BCUT2D eigenvalue weighted by Crippen LogP contribution is 2.64. The SMILES string of the molecule is C[C@@]12CCC[C@H]1[C@@H]1CC[C@H]3N(C(=O)NC4(c5ccc(F)cc5)CCCC4)C(=O)C=C[C@]3(C)[C@H]1CC2. The fourth-order valence-corrected chi connectivity index (χ4v) is 9.23. The second-order valence-electron chi connectivity index (χ2n) is 12.7. The Labute approximate surface area is 208 Å². The van der Waals surface area contributed by atoms with Crippen molar-refractivity contribution in [2.45, 2.75) is 96.1 Å². The molecule has 4 nitrogen and oxygen atoms in total. The van der Waals surface area contributed by atoms with E-state index in [1.807, 2.05) is 0 Å². The van der Waals surface area contributed by atoms with Crippen molar-refractivity contribution in [1.82, 2.24) is 10.2 Å². The molecular formula is C30H39FN2O2. The molecule has 0 aromatic heterocycles. The largest absolute Gasteiger partial charge is 0.328 e. The molecule has 0 spiro atoms. The van der Waals surface area contributed by atoms with Crippen LogP contribution in [0.1, 0.15) is 90.0 Å². The molecule has 0 bridgehead atoms. The number of hydrogen-bond donors (Lipinski definition) is 1. The Balaban J connectivity index is 1.28. The topological polar surface area (TPSA) is 49.4 Å². The highest BCUT2D eigenvalue weighted by molar-refractivity contribution is 6.02. The Hall–Kier alpha value is -2.17. The molecule has 5 heteroatoms. The number of hydrogen-bond acceptors (Lipinski definition) is 2. The zero-order valence-corrected chi connectivity index (χ0v) is 21.2. The van der Waals surface area contributed by atoms with E-state index in [-0.39, 0.29) is 29.2 Å². The third kappa shape index (κ3) is 3.51. The van der Waals surface area contributed by atoms with Crippen molar-refractivity contribution in [2.24, 2.45) is 28.6 Å². The summed E-state index contributed by atoms with van der Waals surface area (Å²) in [5.41, 5.74) is 0.719. The van der Waals surface area contributed by atoms with E-state index in [1.165, 1.54) is 44.2 Å². The fraction of sp³-hybridized carbons (Fsp3) is 0.667. The lowest BCUT2D eigenvalue weighted by molar-refractivity contribution is -0.135. The molecule has 0 saturated heterocycles. The Kier molecular flexibility index (Phi) is 5.43. The normalized spacial score (nSPS) is 39.6. The van der Waals surface area contributed by atoms with Crippen LogP contribution in [-0.2, 0) is 10.3 Å². The van der Waals surface area contributed by atoms with Gasteiger partial charge in [0.15, 0.2) is 0 Å². The second kappa shape index (κ2) is 8.18. The molecule has 1 aliphatic heterocycles. The van der Waals surface area contributed by atoms with Crippen LogP contribution in [0, 0.1) is 34.4 Å². The Morgan fingerprint density at radius 1 is 0.943 bits per heavy atom. The molecule has 1 aromatic carbocycles. The van der Waals surface area contributed by atoms with Crippen molar-refractivity contribution in [2.75, 3.05) is 0 Å². The first-order valence-electron chi connectivity index (χ1n) is 13.9. The Morgan fingerprint density at radius 3 is 2.43 bits per heavy atom. The summed E-state index contributed by atoms with van der Waals surface area (Å²) in [6.07, 6.45) is 16.0. The van der Waals surface area contributed by atoms with E-state index in [2.05, 4.69) is 25.2 Å². The molecule has 3 amide bonds. The average Bonchev–Trinajstić information content (AvgIpc) is 3.47. The predicted molar refractivity (Wildman–Crippen MR) is 134 cm³/mol. The van der Waals surface area contributed by atoms with Crippen LogP contribution in [0.4, 0.5) is 9.18 Å². The summed E-state index contributed by atoms with van der Waals surface area (Å²) in [6.45, 7) is 4.81. The van der Waals surface area contributed by atoms with Gasteiger partial charge in [-0.05, 0) is 92.2 Å². The van der Waals surface area contributed by atoms with Gasteiger partial charge >= 0.3 is 6.03 Å². The summed E-state index contributed by atoms with van der Waals surface area (Å²) in [5.74, 6) is 1.53. The standard InChI is InChI=1S/C30H39FN2O2/c1-28-15-5-6-23(28)22-11-12-25-29(2,24(22)13-18-28)19-14-26(34)33(25)27(35)32-30(16-3-4-17-30)20-7-9-21(31)10-8-20/h7-10,14,19,22-25H,3-6,11-13,15-18H2,1-2H3,(H,32,35)/t22-,23-,24-,25+,28-,29+/m0/s1. The second-order valence-corrected chi connectivity index (χ2v) is 12.7. The van der Waals surface area contributed by atoms with Gasteiger partial charge in [-0.15, -0.1) is 0 Å². The number of carbonyl (C=O) groups is 2. The number of amides is 3. The maximum Gasteiger partial charge on any atom is 0.325 e. The lowest BCUT2D eigenvalue weighted by Crippen LogP contribution is -2.64. The highest BCUT2D eigenvalue weighted by Gasteiger charge is 2.59. The molecule has 1 N–H and O–H groups in total. The number of rotatable bonds is 2. The van der Waals surface area contributed by atoms with Crippen LogP contribution in [0.25, 0.3) is 0 Å². The fourth-order valence-electron chi connectivity index (χ4n) is 9.23. The lowest BCUT2D eigenvalue weighted by Gasteiger charge is -2.59. The average molecular weight is 479 g/mol. The molecule has 4 saturated carbocycles. The lowest BCUT2D eigenvalue weighted by atomic mass is 9.48. The first-order valence-corrected chi connectivity index (χ1v) is 13.9. The minimum atomic E-state index is -0.531. The number of imide groups is 1. The van der Waals surface area contributed by atoms with Crippen molar-refractivity contribution < 1.29 is 14.0 Å². The summed E-state index contributed by atoms with van der Waals surface area (Å²) in [5, 5.41) is 3.30. The van der Waals surface area contributed by atoms with Crippen LogP contribution in [0.15, 0.2) is 36.4 Å². The maximum atomic E-state index is 13.9. The number of nitrogens with one attached hydrogen (secondary N) is 1. The Morgan fingerprint density at radius 2 is 1.69 bits per heavy atom. The summed E-state index contributed by atoms with van der Waals surface area (Å²) in [4.78, 5) is 28.7. The summed E-state index contributed by atoms with van der Waals surface area (Å²) < 4.78 is 13.6. The van der Waals surface area contributed by atoms with E-state index in [9.17, 15) is 14.0 Å². The molecule has 4 aliphatic carbocycles. The van der Waals surface area contributed by atoms with E-state index in [4.69, 9.17) is 0 Å². The maximum absolute atomic E-state index is 13.9. The van der Waals surface area contributed by atoms with E-state index in [1.54, 1.807) is 23.1 Å². The quantitative estimate of drug-likeness (QED) is 0.514. The van der Waals surface area contributed by atoms with Gasteiger partial charge in [0.25, 0.3) is 5.91 Å². The molecule has 4 fully saturated rings. The highest BCUT2D eigenvalue weighted by atomic mass is 19.1. The van der Waals surface area contributed by atoms with Crippen molar-refractivity contribution in [3.05, 3.63) is 47.8 Å². The van der Waals surface area contributed by atoms with Crippen LogP contribution in [0.3, 0.4) is 0 Å². The van der Waals surface area contributed by atoms with Crippen LogP contribution in [0.2, 0.25) is 0 Å². The van der Waals surface area contributed by atoms with E-state index in [0.29, 0.717) is 17.3 Å². The molecule has 5 aliphatic rings. The first-order chi connectivity index (χ1) is 16.8. The van der Waals surface area contributed by atoms with Gasteiger partial charge in [0.05, 0.1) is 11.6 Å². The van der Waals surface area contributed by atoms with Crippen LogP contribution in [-0.4, -0.2) is 22.9 Å². The molecule has 6 rings (SSSR count). The van der Waals surface area contributed by atoms with Gasteiger partial charge in [0.1, 0.15) is 5.82 Å². The van der Waals surface area contributed by atoms with E-state index < -0.39 is 5.54 Å². The van der Waals surface area contributed by atoms with Gasteiger partial charge in [0, 0.05) is 11.5 Å². The molecule has 0 unspecified atom stereocenters. The van der Waals surface area contributed by atoms with Crippen molar-refractivity contribution in [3.63, 3.8) is 0 Å². The van der Waals surface area contributed by atoms with Crippen LogP contribution >= 0.6 is 0 Å². The van der Waals surface area contributed by atoms with Gasteiger partial charge in [-0.2, -0.15) is 0 Å². The number of urea groups is 1. The summed E-state index contributed by atoms with van der Waals surface area (Å²) >= 11 is 0. The molecular weight excluding hydrogens is 439 g/mol. The van der Waals surface area contributed by atoms with Gasteiger partial charge in [-0.3, -0.25) is 9.69 Å². The monoisotopic (exact) mass is 478 g/mol. The third-order valence-corrected chi connectivity index (χ3v) is 11.1. The van der Waals surface area contributed by atoms with Crippen molar-refractivity contribution in [1.29, 1.82) is 0 Å². The Bertz CT molecular complexity index is 1040. The van der Waals surface area contributed by atoms with Gasteiger partial charge in [0.2, 0.25) is 0 Å². The first kappa shape index (κ1) is 23.2. The third-order valence-electron chi connectivity index (χ3n) is 11.1. The van der Waals surface area contributed by atoms with E-state index >= 15 is 0 Å². The number of halogens is 1. The van der Waals surface area contributed by atoms with Crippen LogP contribution < -0.4 is 5.32 Å². The number of fused-ring (bicyclic) bond motifs is 5. The zero-order valence-electron chi connectivity index (χ0n) is 21.2. The van der Waals surface area contributed by atoms with Crippen molar-refractivity contribution in [3.8, 4) is 0 Å². The minimum absolute atomic E-state index is 0.0984. The smallest absolute Gasteiger partial charge is 0.325 e. The molecule has 1 aromatic rings. The van der Waals surface area contributed by atoms with Gasteiger partial charge in [-0.1, -0.05) is 51.3 Å². The van der Waals surface area contributed by atoms with Gasteiger partial charge < -0.3 is 5.32 Å². The zero-order chi connectivity index (χ0) is 24.4. The molecule has 35 heavy (non-hydrogen) atoms. The summed E-state index contributed by atoms with van der Waals surface area (Å²) in [7, 11) is 0. The van der Waals surface area contributed by atoms with Crippen LogP contribution in [0.5, 0.6) is 0 Å². The minimum Gasteiger partial charge on any atom is -0.328 e. The molecule has 0 radical (unpaired) electrons. The molecule has 6 atom stereocenters. The van der Waals surface area contributed by atoms with E-state index in [0.717, 1.165) is 50.0 Å². The molecule has 1 heterocycles. The number of benzene rings is 1. The number of carbonyl (C=O) groups excluding carboxylic acids is 2. The predicted octanol–water partition coefficient (Wildman–Crippen LogP) is 6.70. The summed E-state index contributed by atoms with van der Waals surface area (Å²) in [6, 6.07) is 6.13.